The second-order valence-corrected chi connectivity index (χ2v) is 9.36. The van der Waals surface area contributed by atoms with E-state index in [0.717, 1.165) is 66.8 Å². The predicted octanol–water partition coefficient (Wildman–Crippen LogP) is 4.31. The van der Waals surface area contributed by atoms with Gasteiger partial charge in [0.05, 0.1) is 12.2 Å². The lowest BCUT2D eigenvalue weighted by molar-refractivity contribution is -0.111. The van der Waals surface area contributed by atoms with Gasteiger partial charge in [-0.2, -0.15) is 5.26 Å². The van der Waals surface area contributed by atoms with Crippen molar-refractivity contribution in [2.75, 3.05) is 25.0 Å². The molecule has 1 atom stereocenters. The van der Waals surface area contributed by atoms with Crippen molar-refractivity contribution in [3.63, 3.8) is 0 Å². The summed E-state index contributed by atoms with van der Waals surface area (Å²) < 4.78 is 5.53. The zero-order chi connectivity index (χ0) is 22.5. The van der Waals surface area contributed by atoms with Gasteiger partial charge in [0, 0.05) is 36.4 Å². The van der Waals surface area contributed by atoms with Crippen LogP contribution in [0.25, 0.3) is 6.08 Å². The van der Waals surface area contributed by atoms with E-state index < -0.39 is 0 Å². The summed E-state index contributed by atoms with van der Waals surface area (Å²) in [5.41, 5.74) is 3.48. The van der Waals surface area contributed by atoms with E-state index in [1.54, 1.807) is 23.4 Å². The minimum absolute atomic E-state index is 0.221. The van der Waals surface area contributed by atoms with E-state index in [4.69, 9.17) is 4.74 Å². The fourth-order valence-electron chi connectivity index (χ4n) is 4.15. The zero-order valence-corrected chi connectivity index (χ0v) is 18.9. The van der Waals surface area contributed by atoms with Crippen molar-refractivity contribution in [3.05, 3.63) is 51.7 Å². The quantitative estimate of drug-likeness (QED) is 0.685. The van der Waals surface area contributed by atoms with E-state index in [0.29, 0.717) is 17.2 Å². The number of carbonyl (C=O) groups is 2. The fourth-order valence-corrected chi connectivity index (χ4v) is 5.47. The Labute approximate surface area is 191 Å². The molecule has 0 bridgehead atoms. The molecule has 166 valence electrons. The van der Waals surface area contributed by atoms with E-state index in [1.165, 1.54) is 17.4 Å². The number of ether oxygens (including phenoxy) is 1. The van der Waals surface area contributed by atoms with Crippen LogP contribution < -0.4 is 5.32 Å². The number of aromatic nitrogens is 1. The van der Waals surface area contributed by atoms with Gasteiger partial charge in [0.25, 0.3) is 0 Å². The van der Waals surface area contributed by atoms with Crippen molar-refractivity contribution in [1.82, 2.24) is 9.88 Å². The number of amides is 2. The molecule has 1 fully saturated rings. The van der Waals surface area contributed by atoms with E-state index in [9.17, 15) is 14.9 Å². The molecular formula is C24H26N4O3S. The lowest BCUT2D eigenvalue weighted by Crippen LogP contribution is -2.30. The second kappa shape index (κ2) is 9.96. The predicted molar refractivity (Wildman–Crippen MR) is 123 cm³/mol. The molecule has 7 nitrogen and oxygen atoms in total. The van der Waals surface area contributed by atoms with Gasteiger partial charge in [-0.05, 0) is 73.8 Å². The number of aryl methyl sites for hydroxylation is 1. The molecule has 8 heteroatoms. The number of hydrogen-bond acceptors (Lipinski definition) is 6. The van der Waals surface area contributed by atoms with Gasteiger partial charge in [-0.3, -0.25) is 9.78 Å². The minimum atomic E-state index is -0.278. The van der Waals surface area contributed by atoms with Crippen LogP contribution in [0, 0.1) is 24.2 Å². The molecule has 1 aliphatic heterocycles. The molecular weight excluding hydrogens is 424 g/mol. The first-order chi connectivity index (χ1) is 15.5. The summed E-state index contributed by atoms with van der Waals surface area (Å²) in [6, 6.07) is 4.15. The fraction of sp³-hybridized carbons (Fsp3) is 0.417. The van der Waals surface area contributed by atoms with E-state index >= 15 is 0 Å². The molecule has 3 heterocycles. The Morgan fingerprint density at radius 1 is 1.41 bits per heavy atom. The first kappa shape index (κ1) is 22.0. The van der Waals surface area contributed by atoms with Crippen LogP contribution in [0.5, 0.6) is 0 Å². The average Bonchev–Trinajstić information content (AvgIpc) is 3.44. The SMILES string of the molecule is Cc1ccncc1/C=C/C(=O)Nc1sc2c(c1C#N)CCC(COC(=O)N1CCCC1)C2. The van der Waals surface area contributed by atoms with Crippen molar-refractivity contribution in [2.45, 2.75) is 39.0 Å². The third-order valence-corrected chi connectivity index (χ3v) is 7.19. The van der Waals surface area contributed by atoms with Crippen LogP contribution in [0.15, 0.2) is 24.5 Å². The number of hydrogen-bond donors (Lipinski definition) is 1. The third kappa shape index (κ3) is 5.00. The van der Waals surface area contributed by atoms with Crippen molar-refractivity contribution >= 4 is 34.4 Å². The Morgan fingerprint density at radius 3 is 2.97 bits per heavy atom. The number of nitrogens with one attached hydrogen (secondary N) is 1. The maximum atomic E-state index is 12.5. The molecule has 2 amide bonds. The monoisotopic (exact) mass is 450 g/mol. The summed E-state index contributed by atoms with van der Waals surface area (Å²) >= 11 is 1.45. The normalized spacial score (nSPS) is 17.8. The molecule has 2 aromatic heterocycles. The first-order valence-electron chi connectivity index (χ1n) is 10.9. The second-order valence-electron chi connectivity index (χ2n) is 8.25. The molecule has 4 rings (SSSR count). The summed E-state index contributed by atoms with van der Waals surface area (Å²) in [5.74, 6) is -0.0457. The van der Waals surface area contributed by atoms with Gasteiger partial charge in [0.1, 0.15) is 11.1 Å². The molecule has 0 spiro atoms. The van der Waals surface area contributed by atoms with Crippen LogP contribution in [0.1, 0.15) is 46.4 Å². The number of likely N-dealkylation sites (tertiary alicyclic amines) is 1. The van der Waals surface area contributed by atoms with Gasteiger partial charge in [-0.1, -0.05) is 0 Å². The van der Waals surface area contributed by atoms with Crippen LogP contribution in [-0.2, 0) is 22.4 Å². The van der Waals surface area contributed by atoms with Gasteiger partial charge in [0.15, 0.2) is 0 Å². The van der Waals surface area contributed by atoms with Gasteiger partial charge < -0.3 is 15.0 Å². The lowest BCUT2D eigenvalue weighted by Gasteiger charge is -2.23. The summed E-state index contributed by atoms with van der Waals surface area (Å²) in [4.78, 5) is 31.5. The number of rotatable bonds is 5. The van der Waals surface area contributed by atoms with Crippen LogP contribution in [0.3, 0.4) is 0 Å². The third-order valence-electron chi connectivity index (χ3n) is 6.02. The molecule has 1 saturated heterocycles. The first-order valence-corrected chi connectivity index (χ1v) is 11.7. The molecule has 1 unspecified atom stereocenters. The highest BCUT2D eigenvalue weighted by molar-refractivity contribution is 7.16. The molecule has 1 aliphatic carbocycles. The van der Waals surface area contributed by atoms with Crippen LogP contribution in [0.2, 0.25) is 0 Å². The minimum Gasteiger partial charge on any atom is -0.449 e. The Hall–Kier alpha value is -3.18. The van der Waals surface area contributed by atoms with Crippen LogP contribution in [0.4, 0.5) is 9.80 Å². The summed E-state index contributed by atoms with van der Waals surface area (Å²) in [7, 11) is 0. The van der Waals surface area contributed by atoms with Crippen LogP contribution in [-0.4, -0.2) is 41.6 Å². The largest absolute Gasteiger partial charge is 0.449 e. The number of carbonyl (C=O) groups excluding carboxylic acids is 2. The summed E-state index contributed by atoms with van der Waals surface area (Å²) in [5, 5.41) is 13.1. The molecule has 1 N–H and O–H groups in total. The van der Waals surface area contributed by atoms with Crippen molar-refractivity contribution in [2.24, 2.45) is 5.92 Å². The van der Waals surface area contributed by atoms with Gasteiger partial charge in [0.2, 0.25) is 5.91 Å². The Kier molecular flexibility index (Phi) is 6.86. The highest BCUT2D eigenvalue weighted by Crippen LogP contribution is 2.39. The molecule has 0 aromatic carbocycles. The highest BCUT2D eigenvalue weighted by atomic mass is 32.1. The molecule has 2 aromatic rings. The number of nitrogens with zero attached hydrogens (tertiary/aromatic N) is 3. The zero-order valence-electron chi connectivity index (χ0n) is 18.1. The molecule has 0 radical (unpaired) electrons. The maximum Gasteiger partial charge on any atom is 0.409 e. The highest BCUT2D eigenvalue weighted by Gasteiger charge is 2.28. The standard InChI is InChI=1S/C24H26N4O3S/c1-16-8-9-26-14-18(16)5-7-22(29)27-23-20(13-25)19-6-4-17(12-21(19)32-23)15-31-24(30)28-10-2-3-11-28/h5,7-9,14,17H,2-4,6,10-12,15H2,1H3,(H,27,29)/b7-5+. The summed E-state index contributed by atoms with van der Waals surface area (Å²) in [6.45, 7) is 3.91. The number of pyridine rings is 1. The van der Waals surface area contributed by atoms with E-state index in [2.05, 4.69) is 16.4 Å². The molecule has 32 heavy (non-hydrogen) atoms. The lowest BCUT2D eigenvalue weighted by atomic mass is 9.88. The van der Waals surface area contributed by atoms with Gasteiger partial charge >= 0.3 is 6.09 Å². The van der Waals surface area contributed by atoms with E-state index in [-0.39, 0.29) is 17.9 Å². The number of fused-ring (bicyclic) bond motifs is 1. The maximum absolute atomic E-state index is 12.5. The topological polar surface area (TPSA) is 95.3 Å². The number of anilines is 1. The smallest absolute Gasteiger partial charge is 0.409 e. The van der Waals surface area contributed by atoms with Crippen molar-refractivity contribution < 1.29 is 14.3 Å². The Balaban J connectivity index is 1.38. The van der Waals surface area contributed by atoms with Crippen LogP contribution >= 0.6 is 11.3 Å². The summed E-state index contributed by atoms with van der Waals surface area (Å²) in [6.07, 6.45) is 10.8. The van der Waals surface area contributed by atoms with Crippen molar-refractivity contribution in [1.29, 1.82) is 5.26 Å². The van der Waals surface area contributed by atoms with Gasteiger partial charge in [-0.15, -0.1) is 11.3 Å². The number of thiophene rings is 1. The van der Waals surface area contributed by atoms with Crippen molar-refractivity contribution in [3.8, 4) is 6.07 Å². The van der Waals surface area contributed by atoms with Gasteiger partial charge in [-0.25, -0.2) is 4.79 Å². The average molecular weight is 451 g/mol. The Morgan fingerprint density at radius 2 is 2.22 bits per heavy atom. The molecule has 2 aliphatic rings. The number of nitriles is 1. The molecule has 0 saturated carbocycles. The van der Waals surface area contributed by atoms with E-state index in [1.807, 2.05) is 13.0 Å². The Bertz CT molecular complexity index is 1080.